The van der Waals surface area contributed by atoms with Crippen molar-refractivity contribution in [3.63, 3.8) is 0 Å². The Morgan fingerprint density at radius 1 is 1.09 bits per heavy atom. The maximum absolute atomic E-state index is 15.1. The number of aromatic carboxylic acids is 1. The second kappa shape index (κ2) is 13.1. The van der Waals surface area contributed by atoms with Gasteiger partial charge in [0.25, 0.3) is 0 Å². The average Bonchev–Trinajstić information content (AvgIpc) is 3.66. The fourth-order valence-corrected chi connectivity index (χ4v) is 9.53. The lowest BCUT2D eigenvalue weighted by atomic mass is 10.0. The Labute approximate surface area is 268 Å². The fourth-order valence-electron chi connectivity index (χ4n) is 5.36. The van der Waals surface area contributed by atoms with Crippen LogP contribution >= 0.6 is 42.1 Å². The molecule has 0 saturated carbocycles. The second-order valence-electron chi connectivity index (χ2n) is 10.4. The minimum Gasteiger partial charge on any atom is -0.477 e. The van der Waals surface area contributed by atoms with Gasteiger partial charge in [0, 0.05) is 47.5 Å². The number of furan rings is 1. The van der Waals surface area contributed by atoms with Crippen LogP contribution in [0.25, 0.3) is 32.9 Å². The molecule has 1 fully saturated rings. The molecule has 1 aliphatic heterocycles. The Balaban J connectivity index is 1.43. The van der Waals surface area contributed by atoms with E-state index in [2.05, 4.69) is 4.98 Å². The van der Waals surface area contributed by atoms with Crippen molar-refractivity contribution >= 4 is 70.1 Å². The fraction of sp³-hybridized carbons (Fsp3) is 0.250. The molecule has 1 saturated heterocycles. The van der Waals surface area contributed by atoms with Gasteiger partial charge in [0.1, 0.15) is 16.2 Å². The van der Waals surface area contributed by atoms with E-state index in [1.807, 2.05) is 42.5 Å². The van der Waals surface area contributed by atoms with Gasteiger partial charge in [-0.15, -0.1) is 11.3 Å². The largest absolute Gasteiger partial charge is 0.477 e. The molecule has 12 heteroatoms. The summed E-state index contributed by atoms with van der Waals surface area (Å²) in [6, 6.07) is 19.8. The van der Waals surface area contributed by atoms with E-state index in [0.717, 1.165) is 40.8 Å². The van der Waals surface area contributed by atoms with Gasteiger partial charge in [-0.2, -0.15) is 0 Å². The molecule has 0 radical (unpaired) electrons. The van der Waals surface area contributed by atoms with E-state index < -0.39 is 13.5 Å². The summed E-state index contributed by atoms with van der Waals surface area (Å²) in [7, 11) is -3.91. The highest BCUT2D eigenvalue weighted by molar-refractivity contribution is 7.68. The molecular formula is C32H29Cl2N2O6PS. The number of thiophene rings is 1. The number of carboxylic acids is 1. The van der Waals surface area contributed by atoms with Crippen molar-refractivity contribution in [1.29, 1.82) is 0 Å². The molecule has 8 nitrogen and oxygen atoms in total. The van der Waals surface area contributed by atoms with E-state index in [4.69, 9.17) is 36.9 Å². The maximum atomic E-state index is 15.1. The first-order valence-electron chi connectivity index (χ1n) is 14.1. The molecule has 1 unspecified atom stereocenters. The van der Waals surface area contributed by atoms with Gasteiger partial charge in [-0.1, -0.05) is 47.5 Å². The highest BCUT2D eigenvalue weighted by Crippen LogP contribution is 2.56. The smallest absolute Gasteiger partial charge is 0.348 e. The van der Waals surface area contributed by atoms with Crippen LogP contribution in [0.3, 0.4) is 0 Å². The number of carbonyl (C=O) groups is 1. The van der Waals surface area contributed by atoms with E-state index in [0.29, 0.717) is 46.7 Å². The van der Waals surface area contributed by atoms with Gasteiger partial charge in [0.2, 0.25) is 0 Å². The normalized spacial score (nSPS) is 15.3. The summed E-state index contributed by atoms with van der Waals surface area (Å²) in [5.41, 5.74) is 3.46. The van der Waals surface area contributed by atoms with Gasteiger partial charge in [0.05, 0.1) is 22.6 Å². The van der Waals surface area contributed by atoms with Crippen molar-refractivity contribution in [1.82, 2.24) is 4.98 Å². The molecule has 3 aromatic heterocycles. The lowest BCUT2D eigenvalue weighted by Crippen LogP contribution is -2.35. The van der Waals surface area contributed by atoms with Crippen LogP contribution in [0, 0.1) is 5.92 Å². The minimum absolute atomic E-state index is 0.0597. The van der Waals surface area contributed by atoms with Gasteiger partial charge in [-0.05, 0) is 67.6 Å². The Kier molecular flexibility index (Phi) is 9.15. The number of nitrogens with zero attached hydrogens (tertiary/aromatic N) is 2. The molecule has 1 N–H and O–H groups in total. The number of halogens is 2. The third-order valence-corrected chi connectivity index (χ3v) is 12.0. The summed E-state index contributed by atoms with van der Waals surface area (Å²) in [6.45, 7) is 3.33. The van der Waals surface area contributed by atoms with Crippen LogP contribution in [0.1, 0.15) is 29.4 Å². The SMILES string of the molecule is CCOP(=O)(c1ccc(Cl)cc1Cl)N(CC1CCOCC1)c1cc(-c2ccc(-c3cc4ncccc4o3)cc2)sc1C(=O)O. The van der Waals surface area contributed by atoms with Crippen LogP contribution in [0.4, 0.5) is 5.69 Å². The predicted octanol–water partition coefficient (Wildman–Crippen LogP) is 9.02. The number of hydrogen-bond acceptors (Lipinski definition) is 7. The Hall–Kier alpha value is -3.17. The van der Waals surface area contributed by atoms with Gasteiger partial charge >= 0.3 is 13.5 Å². The van der Waals surface area contributed by atoms with E-state index in [9.17, 15) is 9.90 Å². The zero-order valence-electron chi connectivity index (χ0n) is 23.7. The Morgan fingerprint density at radius 3 is 2.52 bits per heavy atom. The van der Waals surface area contributed by atoms with Crippen LogP contribution in [-0.4, -0.2) is 42.4 Å². The number of fused-ring (bicyclic) bond motifs is 1. The van der Waals surface area contributed by atoms with E-state index >= 15 is 4.57 Å². The highest BCUT2D eigenvalue weighted by atomic mass is 35.5. The van der Waals surface area contributed by atoms with Crippen LogP contribution in [-0.2, 0) is 13.8 Å². The van der Waals surface area contributed by atoms with Crippen molar-refractivity contribution in [3.8, 4) is 21.8 Å². The molecule has 6 rings (SSSR count). The van der Waals surface area contributed by atoms with E-state index in [1.165, 1.54) is 6.07 Å². The van der Waals surface area contributed by atoms with Crippen LogP contribution in [0.15, 0.2) is 77.3 Å². The quantitative estimate of drug-likeness (QED) is 0.147. The Morgan fingerprint density at radius 2 is 1.84 bits per heavy atom. The van der Waals surface area contributed by atoms with Gasteiger partial charge in [-0.25, -0.2) is 4.79 Å². The second-order valence-corrected chi connectivity index (χ2v) is 14.5. The molecule has 0 bridgehead atoms. The standard InChI is InChI=1S/C32H29Cl2N2O6PS/c1-2-41-43(39,29-10-9-23(33)16-24(29)34)36(19-20-11-14-40-15-12-20)26-18-30(44-31(26)32(37)38)22-7-5-21(6-8-22)28-17-25-27(42-28)4-3-13-35-25/h3-10,13,16-18,20H,2,11-12,14-15,19H2,1H3,(H,37,38). The summed E-state index contributed by atoms with van der Waals surface area (Å²) in [5, 5.41) is 11.2. The van der Waals surface area contributed by atoms with Crippen LogP contribution < -0.4 is 9.97 Å². The number of carboxylic acid groups (broad SMARTS) is 1. The lowest BCUT2D eigenvalue weighted by Gasteiger charge is -2.36. The molecule has 5 aromatic rings. The third-order valence-electron chi connectivity index (χ3n) is 7.53. The van der Waals surface area contributed by atoms with Gasteiger partial charge in [-0.3, -0.25) is 14.2 Å². The maximum Gasteiger partial charge on any atom is 0.348 e. The predicted molar refractivity (Wildman–Crippen MR) is 176 cm³/mol. The summed E-state index contributed by atoms with van der Waals surface area (Å²) in [5.74, 6) is -0.334. The summed E-state index contributed by atoms with van der Waals surface area (Å²) in [6.07, 6.45) is 3.21. The molecule has 1 aliphatic rings. The van der Waals surface area contributed by atoms with Crippen molar-refractivity contribution in [3.05, 3.63) is 87.8 Å². The van der Waals surface area contributed by atoms with Crippen molar-refractivity contribution in [2.24, 2.45) is 5.92 Å². The monoisotopic (exact) mass is 670 g/mol. The van der Waals surface area contributed by atoms with E-state index in [-0.39, 0.29) is 27.7 Å². The first kappa shape index (κ1) is 30.8. The molecule has 228 valence electrons. The summed E-state index contributed by atoms with van der Waals surface area (Å²) in [4.78, 5) is 17.8. The number of rotatable bonds is 10. The highest BCUT2D eigenvalue weighted by Gasteiger charge is 2.40. The molecule has 1 atom stereocenters. The topological polar surface area (TPSA) is 102 Å². The summed E-state index contributed by atoms with van der Waals surface area (Å²) < 4.78 is 34.3. The van der Waals surface area contributed by atoms with Gasteiger partial charge < -0.3 is 18.8 Å². The first-order chi connectivity index (χ1) is 21.3. The number of pyridine rings is 1. The minimum atomic E-state index is -3.91. The number of benzene rings is 2. The Bertz CT molecular complexity index is 1820. The molecule has 0 aliphatic carbocycles. The summed E-state index contributed by atoms with van der Waals surface area (Å²) >= 11 is 13.9. The van der Waals surface area contributed by atoms with Crippen LogP contribution in [0.5, 0.6) is 0 Å². The third kappa shape index (κ3) is 6.18. The number of anilines is 1. The van der Waals surface area contributed by atoms with Crippen LogP contribution in [0.2, 0.25) is 10.0 Å². The van der Waals surface area contributed by atoms with Crippen molar-refractivity contribution in [2.45, 2.75) is 19.8 Å². The average molecular weight is 672 g/mol. The van der Waals surface area contributed by atoms with Crippen molar-refractivity contribution in [2.75, 3.05) is 31.0 Å². The zero-order valence-corrected chi connectivity index (χ0v) is 27.0. The lowest BCUT2D eigenvalue weighted by molar-refractivity contribution is 0.0683. The molecule has 0 spiro atoms. The van der Waals surface area contributed by atoms with Gasteiger partial charge in [0.15, 0.2) is 5.58 Å². The van der Waals surface area contributed by atoms with E-state index in [1.54, 1.807) is 36.0 Å². The number of aromatic nitrogens is 1. The molecule has 44 heavy (non-hydrogen) atoms. The molecule has 2 aromatic carbocycles. The van der Waals surface area contributed by atoms with Crippen molar-refractivity contribution < 1.29 is 28.1 Å². The molecule has 0 amide bonds. The molecule has 4 heterocycles. The zero-order chi connectivity index (χ0) is 30.8. The number of hydrogen-bond donors (Lipinski definition) is 1. The first-order valence-corrected chi connectivity index (χ1v) is 17.3. The number of ether oxygens (including phenoxy) is 1. The molecular weight excluding hydrogens is 642 g/mol.